The molecule has 1 fully saturated rings. The Morgan fingerprint density at radius 2 is 2.11 bits per heavy atom. The van der Waals surface area contributed by atoms with Gasteiger partial charge in [0.05, 0.1) is 34.7 Å². The van der Waals surface area contributed by atoms with Crippen LogP contribution in [0.3, 0.4) is 0 Å². The van der Waals surface area contributed by atoms with Gasteiger partial charge in [0.1, 0.15) is 16.2 Å². The summed E-state index contributed by atoms with van der Waals surface area (Å²) in [4.78, 5) is 29.1. The predicted octanol–water partition coefficient (Wildman–Crippen LogP) is 3.65. The zero-order valence-electron chi connectivity index (χ0n) is 15.3. The molecule has 6 nitrogen and oxygen atoms in total. The van der Waals surface area contributed by atoms with Crippen molar-refractivity contribution in [2.75, 3.05) is 32.1 Å². The summed E-state index contributed by atoms with van der Waals surface area (Å²) in [6.07, 6.45) is 1.58. The van der Waals surface area contributed by atoms with Crippen LogP contribution < -0.4 is 0 Å². The third-order valence-electron chi connectivity index (χ3n) is 4.86. The van der Waals surface area contributed by atoms with E-state index in [0.717, 1.165) is 36.4 Å². The van der Waals surface area contributed by atoms with E-state index in [9.17, 15) is 4.79 Å². The summed E-state index contributed by atoms with van der Waals surface area (Å²) >= 11 is 3.07. The molecular weight excluding hydrogens is 392 g/mol. The van der Waals surface area contributed by atoms with Gasteiger partial charge in [-0.2, -0.15) is 0 Å². The molecule has 0 unspecified atom stereocenters. The van der Waals surface area contributed by atoms with Crippen LogP contribution in [0.15, 0.2) is 35.6 Å². The molecular formula is C20H18N4O2S2. The summed E-state index contributed by atoms with van der Waals surface area (Å²) in [5, 5.41) is 2.99. The Bertz CT molecular complexity index is 1200. The Balaban J connectivity index is 1.50. The average Bonchev–Trinajstić information content (AvgIpc) is 3.09. The highest BCUT2D eigenvalue weighted by molar-refractivity contribution is 8.00. The number of rotatable bonds is 3. The summed E-state index contributed by atoms with van der Waals surface area (Å²) < 4.78 is 6.31. The Kier molecular flexibility index (Phi) is 4.62. The molecule has 1 amide bonds. The molecule has 0 saturated carbocycles. The molecule has 1 aliphatic rings. The first-order valence-electron chi connectivity index (χ1n) is 9.12. The Hall–Kier alpha value is -2.29. The van der Waals surface area contributed by atoms with Crippen LogP contribution in [0, 0.1) is 6.92 Å². The number of fused-ring (bicyclic) bond motifs is 4. The van der Waals surface area contributed by atoms with Gasteiger partial charge in [0.2, 0.25) is 5.91 Å². The van der Waals surface area contributed by atoms with Crippen molar-refractivity contribution in [1.29, 1.82) is 0 Å². The van der Waals surface area contributed by atoms with E-state index in [0.29, 0.717) is 32.1 Å². The lowest BCUT2D eigenvalue weighted by Crippen LogP contribution is -2.41. The van der Waals surface area contributed by atoms with E-state index in [4.69, 9.17) is 9.72 Å². The van der Waals surface area contributed by atoms with Crippen molar-refractivity contribution >= 4 is 60.3 Å². The number of carbonyl (C=O) groups excluding carboxylic acids is 1. The fourth-order valence-electron chi connectivity index (χ4n) is 3.38. The molecule has 0 atom stereocenters. The number of amides is 1. The van der Waals surface area contributed by atoms with E-state index in [-0.39, 0.29) is 5.91 Å². The third kappa shape index (κ3) is 3.21. The summed E-state index contributed by atoms with van der Waals surface area (Å²) in [5.74, 6) is 0.495. The number of ether oxygens (including phenoxy) is 1. The van der Waals surface area contributed by atoms with Crippen LogP contribution in [0.4, 0.5) is 0 Å². The van der Waals surface area contributed by atoms with Crippen LogP contribution in [-0.2, 0) is 9.53 Å². The maximum atomic E-state index is 12.5. The number of thiophene rings is 1. The Morgan fingerprint density at radius 3 is 2.96 bits per heavy atom. The number of pyridine rings is 1. The number of aryl methyl sites for hydroxylation is 1. The highest BCUT2D eigenvalue weighted by Gasteiger charge is 2.19. The number of aromatic nitrogens is 3. The van der Waals surface area contributed by atoms with Crippen LogP contribution >= 0.6 is 23.1 Å². The van der Waals surface area contributed by atoms with Gasteiger partial charge in [0, 0.05) is 23.9 Å². The molecule has 4 aromatic rings. The van der Waals surface area contributed by atoms with E-state index >= 15 is 0 Å². The summed E-state index contributed by atoms with van der Waals surface area (Å²) in [6, 6.07) is 8.44. The highest BCUT2D eigenvalue weighted by atomic mass is 32.2. The van der Waals surface area contributed by atoms with Gasteiger partial charge in [0.25, 0.3) is 0 Å². The van der Waals surface area contributed by atoms with Gasteiger partial charge < -0.3 is 9.64 Å². The SMILES string of the molecule is Cc1ccc2cc3c(nc2c1)sc1c(SCC(=O)N2CCOCC2)ncnc13. The van der Waals surface area contributed by atoms with Crippen molar-refractivity contribution in [3.05, 3.63) is 36.2 Å². The lowest BCUT2D eigenvalue weighted by atomic mass is 10.1. The van der Waals surface area contributed by atoms with Crippen molar-refractivity contribution in [3.63, 3.8) is 0 Å². The molecule has 0 aliphatic carbocycles. The smallest absolute Gasteiger partial charge is 0.233 e. The normalized spacial score (nSPS) is 15.0. The van der Waals surface area contributed by atoms with Gasteiger partial charge >= 0.3 is 0 Å². The molecule has 142 valence electrons. The molecule has 0 N–H and O–H groups in total. The van der Waals surface area contributed by atoms with Crippen molar-refractivity contribution < 1.29 is 9.53 Å². The van der Waals surface area contributed by atoms with Gasteiger partial charge in [-0.3, -0.25) is 4.79 Å². The van der Waals surface area contributed by atoms with Crippen LogP contribution in [0.1, 0.15) is 5.56 Å². The largest absolute Gasteiger partial charge is 0.378 e. The van der Waals surface area contributed by atoms with Crippen molar-refractivity contribution in [2.45, 2.75) is 11.9 Å². The Labute approximate surface area is 169 Å². The second-order valence-corrected chi connectivity index (χ2v) is 8.74. The molecule has 0 bridgehead atoms. The van der Waals surface area contributed by atoms with Crippen molar-refractivity contribution in [3.8, 4) is 0 Å². The molecule has 0 radical (unpaired) electrons. The van der Waals surface area contributed by atoms with Gasteiger partial charge in [-0.1, -0.05) is 23.9 Å². The van der Waals surface area contributed by atoms with Crippen LogP contribution in [0.5, 0.6) is 0 Å². The highest BCUT2D eigenvalue weighted by Crippen LogP contribution is 2.37. The summed E-state index contributed by atoms with van der Waals surface area (Å²) in [7, 11) is 0. The summed E-state index contributed by atoms with van der Waals surface area (Å²) in [5.41, 5.74) is 3.09. The minimum Gasteiger partial charge on any atom is -0.378 e. The molecule has 3 aromatic heterocycles. The molecule has 1 aliphatic heterocycles. The first-order valence-corrected chi connectivity index (χ1v) is 10.9. The number of thioether (sulfide) groups is 1. The first-order chi connectivity index (χ1) is 13.7. The van der Waals surface area contributed by atoms with Crippen LogP contribution in [0.25, 0.3) is 31.3 Å². The second kappa shape index (κ2) is 7.27. The monoisotopic (exact) mass is 410 g/mol. The topological polar surface area (TPSA) is 68.2 Å². The molecule has 5 rings (SSSR count). The van der Waals surface area contributed by atoms with Crippen molar-refractivity contribution in [2.24, 2.45) is 0 Å². The van der Waals surface area contributed by atoms with E-state index < -0.39 is 0 Å². The van der Waals surface area contributed by atoms with E-state index in [2.05, 4.69) is 41.2 Å². The van der Waals surface area contributed by atoms with Gasteiger partial charge in [-0.25, -0.2) is 15.0 Å². The zero-order chi connectivity index (χ0) is 19.1. The molecule has 8 heteroatoms. The predicted molar refractivity (Wildman–Crippen MR) is 113 cm³/mol. The van der Waals surface area contributed by atoms with Gasteiger partial charge in [0.15, 0.2) is 0 Å². The summed E-state index contributed by atoms with van der Waals surface area (Å²) in [6.45, 7) is 4.63. The third-order valence-corrected chi connectivity index (χ3v) is 7.06. The number of hydrogen-bond donors (Lipinski definition) is 0. The minimum atomic E-state index is 0.125. The molecule has 28 heavy (non-hydrogen) atoms. The first kappa shape index (κ1) is 17.8. The zero-order valence-corrected chi connectivity index (χ0v) is 17.0. The van der Waals surface area contributed by atoms with Crippen LogP contribution in [-0.4, -0.2) is 57.8 Å². The number of nitrogens with zero attached hydrogens (tertiary/aromatic N) is 4. The standard InChI is InChI=1S/C20H18N4O2S2/c1-12-2-3-13-9-14-17-18(28-19(14)23-15(13)8-12)20(22-11-21-17)27-10-16(25)24-4-6-26-7-5-24/h2-3,8-9,11H,4-7,10H2,1H3. The quantitative estimate of drug-likeness (QED) is 0.379. The molecule has 1 aromatic carbocycles. The van der Waals surface area contributed by atoms with E-state index in [1.165, 1.54) is 17.3 Å². The molecule has 0 spiro atoms. The Morgan fingerprint density at radius 1 is 1.25 bits per heavy atom. The number of hydrogen-bond acceptors (Lipinski definition) is 7. The van der Waals surface area contributed by atoms with Gasteiger partial charge in [-0.05, 0) is 24.6 Å². The second-order valence-electron chi connectivity index (χ2n) is 6.78. The van der Waals surface area contributed by atoms with E-state index in [1.54, 1.807) is 17.7 Å². The number of morpholine rings is 1. The maximum absolute atomic E-state index is 12.5. The van der Waals surface area contributed by atoms with Gasteiger partial charge in [-0.15, -0.1) is 11.3 Å². The minimum absolute atomic E-state index is 0.125. The lowest BCUT2D eigenvalue weighted by molar-refractivity contribution is -0.132. The van der Waals surface area contributed by atoms with Crippen LogP contribution in [0.2, 0.25) is 0 Å². The van der Waals surface area contributed by atoms with E-state index in [1.807, 2.05) is 4.90 Å². The fraction of sp³-hybridized carbons (Fsp3) is 0.300. The van der Waals surface area contributed by atoms with Crippen molar-refractivity contribution in [1.82, 2.24) is 19.9 Å². The number of carbonyl (C=O) groups is 1. The molecule has 1 saturated heterocycles. The fourth-order valence-corrected chi connectivity index (χ4v) is 5.48. The lowest BCUT2D eigenvalue weighted by Gasteiger charge is -2.26. The maximum Gasteiger partial charge on any atom is 0.233 e. The number of benzene rings is 1. The molecule has 4 heterocycles. The average molecular weight is 411 g/mol.